The van der Waals surface area contributed by atoms with Crippen LogP contribution in [0, 0.1) is 11.3 Å². The minimum atomic E-state index is -1.05. The molecule has 110 valence electrons. The van der Waals surface area contributed by atoms with Gasteiger partial charge in [-0.15, -0.1) is 0 Å². The van der Waals surface area contributed by atoms with Crippen molar-refractivity contribution in [2.45, 2.75) is 65.5 Å². The summed E-state index contributed by atoms with van der Waals surface area (Å²) in [6, 6.07) is -0.309. The van der Waals surface area contributed by atoms with Crippen molar-refractivity contribution in [1.82, 2.24) is 10.6 Å². The summed E-state index contributed by atoms with van der Waals surface area (Å²) >= 11 is 0. The van der Waals surface area contributed by atoms with Gasteiger partial charge in [-0.2, -0.15) is 0 Å². The monoisotopic (exact) mass is 270 g/mol. The Labute approximate surface area is 115 Å². The molecule has 1 fully saturated rings. The molecule has 0 spiro atoms. The van der Waals surface area contributed by atoms with Crippen LogP contribution in [0.25, 0.3) is 0 Å². The molecule has 0 aromatic heterocycles. The molecule has 1 aliphatic carbocycles. The predicted molar refractivity (Wildman–Crippen MR) is 74.0 cm³/mol. The lowest BCUT2D eigenvalue weighted by Gasteiger charge is -2.39. The molecule has 1 saturated carbocycles. The third-order valence-corrected chi connectivity index (χ3v) is 4.56. The van der Waals surface area contributed by atoms with E-state index in [1.54, 1.807) is 27.7 Å². The van der Waals surface area contributed by atoms with Crippen LogP contribution in [0.1, 0.15) is 54.4 Å². The van der Waals surface area contributed by atoms with Crippen LogP contribution >= 0.6 is 0 Å². The SMILES string of the molecule is CC(C)(NC(=O)NC(C)(C)C(C)(C)C(=O)O)C1CC1. The summed E-state index contributed by atoms with van der Waals surface area (Å²) < 4.78 is 0. The van der Waals surface area contributed by atoms with Gasteiger partial charge in [0.1, 0.15) is 0 Å². The zero-order chi connectivity index (χ0) is 15.1. The Balaban J connectivity index is 2.67. The van der Waals surface area contributed by atoms with E-state index in [1.165, 1.54) is 0 Å². The van der Waals surface area contributed by atoms with Crippen molar-refractivity contribution in [3.8, 4) is 0 Å². The van der Waals surface area contributed by atoms with Crippen LogP contribution in [-0.2, 0) is 4.79 Å². The van der Waals surface area contributed by atoms with Crippen LogP contribution in [0.5, 0.6) is 0 Å². The van der Waals surface area contributed by atoms with E-state index in [0.29, 0.717) is 5.92 Å². The molecule has 0 atom stereocenters. The average Bonchev–Trinajstić information content (AvgIpc) is 2.97. The van der Waals surface area contributed by atoms with Gasteiger partial charge in [0.2, 0.25) is 0 Å². The van der Waals surface area contributed by atoms with E-state index in [0.717, 1.165) is 12.8 Å². The number of amides is 2. The zero-order valence-corrected chi connectivity index (χ0v) is 12.8. The van der Waals surface area contributed by atoms with Gasteiger partial charge in [0, 0.05) is 5.54 Å². The van der Waals surface area contributed by atoms with Crippen LogP contribution in [-0.4, -0.2) is 28.2 Å². The van der Waals surface area contributed by atoms with Gasteiger partial charge in [0.25, 0.3) is 0 Å². The predicted octanol–water partition coefficient (Wildman–Crippen LogP) is 2.36. The summed E-state index contributed by atoms with van der Waals surface area (Å²) in [7, 11) is 0. The number of urea groups is 1. The molecule has 0 aromatic carbocycles. The van der Waals surface area contributed by atoms with Gasteiger partial charge in [0.15, 0.2) is 0 Å². The molecule has 0 heterocycles. The van der Waals surface area contributed by atoms with E-state index in [9.17, 15) is 14.7 Å². The number of carboxylic acids is 1. The first-order valence-electron chi connectivity index (χ1n) is 6.74. The largest absolute Gasteiger partial charge is 0.481 e. The highest BCUT2D eigenvalue weighted by Gasteiger charge is 2.45. The number of nitrogens with one attached hydrogen (secondary N) is 2. The van der Waals surface area contributed by atoms with E-state index in [2.05, 4.69) is 10.6 Å². The van der Waals surface area contributed by atoms with Gasteiger partial charge in [-0.3, -0.25) is 4.79 Å². The topological polar surface area (TPSA) is 78.4 Å². The van der Waals surface area contributed by atoms with Gasteiger partial charge >= 0.3 is 12.0 Å². The zero-order valence-electron chi connectivity index (χ0n) is 12.8. The Kier molecular flexibility index (Phi) is 3.90. The van der Waals surface area contributed by atoms with Gasteiger partial charge in [-0.1, -0.05) is 0 Å². The Morgan fingerprint density at radius 2 is 1.47 bits per heavy atom. The molecule has 19 heavy (non-hydrogen) atoms. The molecule has 1 rings (SSSR count). The van der Waals surface area contributed by atoms with Crippen LogP contribution in [0.15, 0.2) is 0 Å². The number of carbonyl (C=O) groups excluding carboxylic acids is 1. The molecule has 0 saturated heterocycles. The lowest BCUT2D eigenvalue weighted by Crippen LogP contribution is -2.61. The minimum absolute atomic E-state index is 0.243. The quantitative estimate of drug-likeness (QED) is 0.717. The van der Waals surface area contributed by atoms with Crippen LogP contribution in [0.3, 0.4) is 0 Å². The van der Waals surface area contributed by atoms with Gasteiger partial charge in [-0.05, 0) is 60.3 Å². The summed E-state index contributed by atoms with van der Waals surface area (Å²) in [5, 5.41) is 15.0. The minimum Gasteiger partial charge on any atom is -0.481 e. The van der Waals surface area contributed by atoms with E-state index in [4.69, 9.17) is 0 Å². The number of aliphatic carboxylic acids is 1. The maximum atomic E-state index is 12.1. The van der Waals surface area contributed by atoms with Crippen LogP contribution in [0.4, 0.5) is 4.79 Å². The first-order chi connectivity index (χ1) is 8.40. The highest BCUT2D eigenvalue weighted by molar-refractivity contribution is 5.80. The van der Waals surface area contributed by atoms with Crippen molar-refractivity contribution in [3.05, 3.63) is 0 Å². The van der Waals surface area contributed by atoms with E-state index in [1.807, 2.05) is 13.8 Å². The second-order valence-electron chi connectivity index (χ2n) is 7.13. The fourth-order valence-electron chi connectivity index (χ4n) is 1.94. The second kappa shape index (κ2) is 4.69. The van der Waals surface area contributed by atoms with Gasteiger partial charge in [0.05, 0.1) is 11.0 Å². The highest BCUT2D eigenvalue weighted by atomic mass is 16.4. The summed E-state index contributed by atoms with van der Waals surface area (Å²) in [5.41, 5.74) is -2.13. The summed E-state index contributed by atoms with van der Waals surface area (Å²) in [5.74, 6) is -0.409. The fraction of sp³-hybridized carbons (Fsp3) is 0.857. The third-order valence-electron chi connectivity index (χ3n) is 4.56. The number of carboxylic acid groups (broad SMARTS) is 1. The van der Waals surface area contributed by atoms with Crippen molar-refractivity contribution in [2.24, 2.45) is 11.3 Å². The maximum absolute atomic E-state index is 12.1. The molecule has 0 radical (unpaired) electrons. The van der Waals surface area contributed by atoms with Crippen LogP contribution < -0.4 is 10.6 Å². The van der Waals surface area contributed by atoms with Crippen LogP contribution in [0.2, 0.25) is 0 Å². The Morgan fingerprint density at radius 1 is 1.00 bits per heavy atom. The van der Waals surface area contributed by atoms with Crippen molar-refractivity contribution in [3.63, 3.8) is 0 Å². The van der Waals surface area contributed by atoms with Crippen molar-refractivity contribution in [1.29, 1.82) is 0 Å². The molecule has 1 aliphatic rings. The summed E-state index contributed by atoms with van der Waals surface area (Å²) in [6.45, 7) is 10.7. The normalized spacial score (nSPS) is 16.9. The van der Waals surface area contributed by atoms with Crippen molar-refractivity contribution < 1.29 is 14.7 Å². The van der Waals surface area contributed by atoms with Gasteiger partial charge < -0.3 is 15.7 Å². The Hall–Kier alpha value is -1.26. The fourth-order valence-corrected chi connectivity index (χ4v) is 1.94. The molecule has 2 amide bonds. The molecule has 5 nitrogen and oxygen atoms in total. The molecule has 0 aliphatic heterocycles. The standard InChI is InChI=1S/C14H26N2O3/c1-12(2,10(17)18)14(5,6)16-11(19)15-13(3,4)9-7-8-9/h9H,7-8H2,1-6H3,(H,17,18)(H2,15,16,19). The maximum Gasteiger partial charge on any atom is 0.315 e. The number of carbonyl (C=O) groups is 2. The smallest absolute Gasteiger partial charge is 0.315 e. The molecule has 0 bridgehead atoms. The summed E-state index contributed by atoms with van der Waals surface area (Å²) in [4.78, 5) is 23.3. The molecular weight excluding hydrogens is 244 g/mol. The van der Waals surface area contributed by atoms with E-state index in [-0.39, 0.29) is 11.6 Å². The van der Waals surface area contributed by atoms with Crippen molar-refractivity contribution >= 4 is 12.0 Å². The number of hydrogen-bond donors (Lipinski definition) is 3. The Bertz CT molecular complexity index is 382. The Morgan fingerprint density at radius 3 is 1.84 bits per heavy atom. The first kappa shape index (κ1) is 15.8. The molecule has 0 unspecified atom stereocenters. The number of rotatable bonds is 5. The lowest BCUT2D eigenvalue weighted by atomic mass is 9.74. The highest BCUT2D eigenvalue weighted by Crippen LogP contribution is 2.39. The first-order valence-corrected chi connectivity index (χ1v) is 6.74. The number of hydrogen-bond acceptors (Lipinski definition) is 2. The average molecular weight is 270 g/mol. The van der Waals surface area contributed by atoms with Gasteiger partial charge in [-0.25, -0.2) is 4.79 Å². The second-order valence-corrected chi connectivity index (χ2v) is 7.13. The van der Waals surface area contributed by atoms with E-state index >= 15 is 0 Å². The molecular formula is C14H26N2O3. The summed E-state index contributed by atoms with van der Waals surface area (Å²) in [6.07, 6.45) is 2.27. The lowest BCUT2D eigenvalue weighted by molar-refractivity contribution is -0.150. The van der Waals surface area contributed by atoms with E-state index < -0.39 is 16.9 Å². The molecule has 5 heteroatoms. The third kappa shape index (κ3) is 3.39. The molecule has 3 N–H and O–H groups in total. The van der Waals surface area contributed by atoms with Crippen molar-refractivity contribution in [2.75, 3.05) is 0 Å². The molecule has 0 aromatic rings.